The summed E-state index contributed by atoms with van der Waals surface area (Å²) in [5.41, 5.74) is 0.0932. The summed E-state index contributed by atoms with van der Waals surface area (Å²) in [5, 5.41) is 32.0. The first-order valence-electron chi connectivity index (χ1n) is 20.9. The van der Waals surface area contributed by atoms with Gasteiger partial charge in [0.05, 0.1) is 29.3 Å². The molecule has 0 radical (unpaired) electrons. The Morgan fingerprint density at radius 1 is 0.651 bits per heavy atom. The summed E-state index contributed by atoms with van der Waals surface area (Å²) >= 11 is 0. The van der Waals surface area contributed by atoms with E-state index < -0.39 is 29.1 Å². The fraction of sp³-hybridized carbons (Fsp3) is 0.432. The average molecular weight is 881 g/mol. The van der Waals surface area contributed by atoms with Gasteiger partial charge in [-0.2, -0.15) is 45.3 Å². The number of halogens is 6. The highest BCUT2D eigenvalue weighted by Crippen LogP contribution is 2.35. The van der Waals surface area contributed by atoms with Crippen LogP contribution in [0.5, 0.6) is 0 Å². The first-order chi connectivity index (χ1) is 29.9. The number of carbonyl (C=O) groups excluding carboxylic acids is 1. The van der Waals surface area contributed by atoms with E-state index in [4.69, 9.17) is 4.74 Å². The Labute approximate surface area is 359 Å². The van der Waals surface area contributed by atoms with Crippen LogP contribution in [-0.4, -0.2) is 64.6 Å². The zero-order valence-electron chi connectivity index (χ0n) is 35.0. The van der Waals surface area contributed by atoms with Gasteiger partial charge in [0.1, 0.15) is 11.6 Å². The average Bonchev–Trinajstić information content (AvgIpc) is 3.86. The molecule has 2 aliphatic rings. The van der Waals surface area contributed by atoms with Gasteiger partial charge in [0.25, 0.3) is 0 Å². The second-order valence-electron chi connectivity index (χ2n) is 16.4. The Kier molecular flexibility index (Phi) is 13.3. The first-order valence-corrected chi connectivity index (χ1v) is 20.9. The molecule has 2 aromatic carbocycles. The van der Waals surface area contributed by atoms with Crippen molar-refractivity contribution in [3.8, 4) is 0 Å². The summed E-state index contributed by atoms with van der Waals surface area (Å²) in [6.07, 6.45) is -1.72. The zero-order valence-corrected chi connectivity index (χ0v) is 35.0. The van der Waals surface area contributed by atoms with Crippen LogP contribution in [0.2, 0.25) is 0 Å². The number of anilines is 6. The number of nitrogens with one attached hydrogen (secondary N) is 4. The fourth-order valence-corrected chi connectivity index (χ4v) is 7.97. The third kappa shape index (κ3) is 11.5. The van der Waals surface area contributed by atoms with Crippen molar-refractivity contribution in [2.75, 3.05) is 27.9 Å². The number of ether oxygens (including phenoxy) is 1. The molecule has 8 rings (SSSR count). The SMILES string of the molecule is CC(C)(O)C1CCC(Nc2cccc3nc(Nc4ccc(C(F)(F)F)cc4)nn23)CC1.CCOC(=O)C1CCC(Nc2cccc3nc(Nc4ccc(C(F)(F)F)cc4)nn23)CC1. The molecule has 0 amide bonds. The number of carbonyl (C=O) groups is 1. The van der Waals surface area contributed by atoms with E-state index in [0.29, 0.717) is 41.1 Å². The summed E-state index contributed by atoms with van der Waals surface area (Å²) < 4.78 is 84.9. The molecule has 4 aromatic heterocycles. The van der Waals surface area contributed by atoms with Crippen LogP contribution in [0.1, 0.15) is 83.3 Å². The molecular formula is C44H50F6N10O3. The number of pyridine rings is 2. The Morgan fingerprint density at radius 3 is 1.44 bits per heavy atom. The molecule has 63 heavy (non-hydrogen) atoms. The first kappa shape index (κ1) is 44.9. The Balaban J connectivity index is 0.000000189. The Bertz CT molecular complexity index is 2450. The van der Waals surface area contributed by atoms with Gasteiger partial charge in [-0.1, -0.05) is 12.1 Å². The van der Waals surface area contributed by atoms with Gasteiger partial charge in [-0.3, -0.25) is 4.79 Å². The second kappa shape index (κ2) is 18.7. The van der Waals surface area contributed by atoms with Crippen molar-refractivity contribution in [3.05, 3.63) is 96.1 Å². The van der Waals surface area contributed by atoms with Gasteiger partial charge >= 0.3 is 18.3 Å². The fourth-order valence-electron chi connectivity index (χ4n) is 7.97. The number of esters is 1. The highest BCUT2D eigenvalue weighted by atomic mass is 19.4. The van der Waals surface area contributed by atoms with Gasteiger partial charge < -0.3 is 31.1 Å². The second-order valence-corrected chi connectivity index (χ2v) is 16.4. The Hall–Kier alpha value is -6.11. The van der Waals surface area contributed by atoms with E-state index in [9.17, 15) is 36.2 Å². The number of benzene rings is 2. The maximum absolute atomic E-state index is 12.7. The van der Waals surface area contributed by atoms with E-state index in [-0.39, 0.29) is 29.9 Å². The number of hydrogen-bond donors (Lipinski definition) is 5. The molecular weight excluding hydrogens is 831 g/mol. The molecule has 0 spiro atoms. The summed E-state index contributed by atoms with van der Waals surface area (Å²) in [5.74, 6) is 2.28. The molecule has 5 N–H and O–H groups in total. The highest BCUT2D eigenvalue weighted by molar-refractivity contribution is 5.72. The third-order valence-electron chi connectivity index (χ3n) is 11.4. The molecule has 4 heterocycles. The minimum absolute atomic E-state index is 0.0466. The van der Waals surface area contributed by atoms with Crippen molar-refractivity contribution >= 4 is 52.2 Å². The predicted molar refractivity (Wildman–Crippen MR) is 227 cm³/mol. The lowest BCUT2D eigenvalue weighted by molar-refractivity contribution is -0.149. The molecule has 0 unspecified atom stereocenters. The summed E-state index contributed by atoms with van der Waals surface area (Å²) in [6, 6.07) is 21.1. The van der Waals surface area contributed by atoms with E-state index in [1.54, 1.807) is 15.1 Å². The number of nitrogens with zero attached hydrogens (tertiary/aromatic N) is 6. The molecule has 0 saturated heterocycles. The molecule has 0 aliphatic heterocycles. The summed E-state index contributed by atoms with van der Waals surface area (Å²) in [6.45, 7) is 5.94. The van der Waals surface area contributed by atoms with Crippen molar-refractivity contribution in [2.45, 2.75) is 102 Å². The summed E-state index contributed by atoms with van der Waals surface area (Å²) in [7, 11) is 0. The molecule has 13 nitrogen and oxygen atoms in total. The number of aromatic nitrogens is 6. The molecule has 0 atom stereocenters. The molecule has 2 saturated carbocycles. The molecule has 0 bridgehead atoms. The van der Waals surface area contributed by atoms with Gasteiger partial charge in [-0.25, -0.2) is 0 Å². The van der Waals surface area contributed by atoms with E-state index in [1.165, 1.54) is 24.3 Å². The van der Waals surface area contributed by atoms with Crippen molar-refractivity contribution in [2.24, 2.45) is 11.8 Å². The van der Waals surface area contributed by atoms with Crippen LogP contribution in [0.25, 0.3) is 11.3 Å². The van der Waals surface area contributed by atoms with Gasteiger partial charge in [0.15, 0.2) is 11.3 Å². The van der Waals surface area contributed by atoms with Crippen molar-refractivity contribution < 1.29 is 41.0 Å². The van der Waals surface area contributed by atoms with Crippen LogP contribution >= 0.6 is 0 Å². The highest BCUT2D eigenvalue weighted by Gasteiger charge is 2.33. The largest absolute Gasteiger partial charge is 0.466 e. The number of fused-ring (bicyclic) bond motifs is 2. The molecule has 6 aromatic rings. The van der Waals surface area contributed by atoms with Crippen molar-refractivity contribution in [3.63, 3.8) is 0 Å². The van der Waals surface area contributed by atoms with E-state index in [1.807, 2.05) is 51.1 Å². The number of alkyl halides is 6. The quantitative estimate of drug-likeness (QED) is 0.0624. The lowest BCUT2D eigenvalue weighted by Gasteiger charge is -2.36. The lowest BCUT2D eigenvalue weighted by atomic mass is 9.77. The Morgan fingerprint density at radius 2 is 1.06 bits per heavy atom. The smallest absolute Gasteiger partial charge is 0.416 e. The van der Waals surface area contributed by atoms with Crippen LogP contribution < -0.4 is 21.3 Å². The van der Waals surface area contributed by atoms with Gasteiger partial charge in [0.2, 0.25) is 11.9 Å². The van der Waals surface area contributed by atoms with Crippen LogP contribution in [0.4, 0.5) is 61.2 Å². The monoisotopic (exact) mass is 880 g/mol. The molecule has 2 fully saturated rings. The van der Waals surface area contributed by atoms with E-state index >= 15 is 0 Å². The van der Waals surface area contributed by atoms with E-state index in [2.05, 4.69) is 41.4 Å². The van der Waals surface area contributed by atoms with Gasteiger partial charge in [-0.05, 0) is 151 Å². The van der Waals surface area contributed by atoms with Gasteiger partial charge in [0, 0.05) is 23.5 Å². The maximum atomic E-state index is 12.7. The van der Waals surface area contributed by atoms with Crippen molar-refractivity contribution in [1.82, 2.24) is 29.2 Å². The zero-order chi connectivity index (χ0) is 44.9. The topological polar surface area (TPSA) is 155 Å². The lowest BCUT2D eigenvalue weighted by Crippen LogP contribution is -2.37. The normalized spacial score (nSPS) is 19.5. The minimum atomic E-state index is -4.38. The van der Waals surface area contributed by atoms with Crippen LogP contribution in [-0.2, 0) is 21.9 Å². The number of rotatable bonds is 11. The van der Waals surface area contributed by atoms with Crippen LogP contribution in [0, 0.1) is 11.8 Å². The summed E-state index contributed by atoms with van der Waals surface area (Å²) in [4.78, 5) is 20.8. The predicted octanol–water partition coefficient (Wildman–Crippen LogP) is 10.3. The van der Waals surface area contributed by atoms with Crippen molar-refractivity contribution in [1.29, 1.82) is 0 Å². The van der Waals surface area contributed by atoms with E-state index in [0.717, 1.165) is 87.3 Å². The molecule has 336 valence electrons. The third-order valence-corrected chi connectivity index (χ3v) is 11.4. The van der Waals surface area contributed by atoms with Gasteiger partial charge in [-0.15, -0.1) is 10.2 Å². The minimum Gasteiger partial charge on any atom is -0.466 e. The maximum Gasteiger partial charge on any atom is 0.416 e. The number of aliphatic hydroxyl groups is 1. The molecule has 19 heteroatoms. The standard InChI is InChI=1S/C22H24F3N5O2.C22H26F3N5O/c1-2-32-20(31)14-6-10-16(11-7-14)26-18-4-3-5-19-28-21(29-30(18)19)27-17-12-8-15(9-13-17)22(23,24)25;1-21(2,31)14-6-10-16(11-7-14)26-18-4-3-5-19-28-20(29-30(18)19)27-17-12-8-15(9-13-17)22(23,24)25/h3-5,8-9,12-14,16,26H,2,6-7,10-11H2,1H3,(H,27,29);3-5,8-9,12-14,16,26,31H,6-7,10-11H2,1-2H3,(H,27,29). The number of hydrogen-bond acceptors (Lipinski definition) is 11. The van der Waals surface area contributed by atoms with Crippen LogP contribution in [0.3, 0.4) is 0 Å². The van der Waals surface area contributed by atoms with Crippen LogP contribution in [0.15, 0.2) is 84.9 Å². The molecule has 2 aliphatic carbocycles.